The van der Waals surface area contributed by atoms with Crippen LogP contribution in [0.2, 0.25) is 0 Å². The molecule has 0 radical (unpaired) electrons. The number of fused-ring (bicyclic) bond motifs is 1. The number of hydrogen-bond acceptors (Lipinski definition) is 7. The van der Waals surface area contributed by atoms with Crippen LogP contribution in [-0.2, 0) is 20.5 Å². The van der Waals surface area contributed by atoms with E-state index in [1.807, 2.05) is 61.2 Å². The molecule has 10 nitrogen and oxygen atoms in total. The third-order valence-electron chi connectivity index (χ3n) is 4.60. The van der Waals surface area contributed by atoms with Crippen LogP contribution in [0.15, 0.2) is 55.1 Å². The number of aryl methyl sites for hydroxylation is 2. The highest BCUT2D eigenvalue weighted by Gasteiger charge is 2.11. The van der Waals surface area contributed by atoms with Crippen LogP contribution in [0.1, 0.15) is 11.5 Å². The minimum atomic E-state index is 0.503. The van der Waals surface area contributed by atoms with Crippen molar-refractivity contribution >= 4 is 17.4 Å². The van der Waals surface area contributed by atoms with Crippen LogP contribution in [0.25, 0.3) is 16.9 Å². The van der Waals surface area contributed by atoms with Crippen molar-refractivity contribution in [2.45, 2.75) is 6.42 Å². The molecule has 0 saturated carbocycles. The van der Waals surface area contributed by atoms with Gasteiger partial charge in [0.2, 0.25) is 5.95 Å². The quantitative estimate of drug-likeness (QED) is 0.493. The summed E-state index contributed by atoms with van der Waals surface area (Å²) in [5, 5.41) is 20.3. The Labute approximate surface area is 165 Å². The van der Waals surface area contributed by atoms with E-state index in [0.717, 1.165) is 34.2 Å². The number of nitrogens with zero attached hydrogens (tertiary/aromatic N) is 9. The SMILES string of the molecule is Cn1ccc(Cc2nnc3cc(-c4ccnc(Nc5ccnn5C)n4)ccn23)n1. The van der Waals surface area contributed by atoms with Gasteiger partial charge in [-0.2, -0.15) is 10.2 Å². The molecule has 144 valence electrons. The lowest BCUT2D eigenvalue weighted by Crippen LogP contribution is -2.03. The van der Waals surface area contributed by atoms with Crippen molar-refractivity contribution in [3.8, 4) is 11.3 Å². The predicted octanol–water partition coefficient (Wildman–Crippen LogP) is 1.99. The van der Waals surface area contributed by atoms with E-state index in [4.69, 9.17) is 0 Å². The Morgan fingerprint density at radius 3 is 2.72 bits per heavy atom. The summed E-state index contributed by atoms with van der Waals surface area (Å²) >= 11 is 0. The lowest BCUT2D eigenvalue weighted by atomic mass is 10.2. The topological polar surface area (TPSA) is 104 Å². The predicted molar refractivity (Wildman–Crippen MR) is 107 cm³/mol. The fourth-order valence-electron chi connectivity index (χ4n) is 3.13. The largest absolute Gasteiger partial charge is 0.309 e. The van der Waals surface area contributed by atoms with Gasteiger partial charge in [0.1, 0.15) is 11.6 Å². The van der Waals surface area contributed by atoms with Gasteiger partial charge in [-0.1, -0.05) is 0 Å². The van der Waals surface area contributed by atoms with Crippen molar-refractivity contribution < 1.29 is 0 Å². The Kier molecular flexibility index (Phi) is 4.01. The Bertz CT molecular complexity index is 1300. The summed E-state index contributed by atoms with van der Waals surface area (Å²) in [4.78, 5) is 8.90. The molecule has 0 bridgehead atoms. The minimum absolute atomic E-state index is 0.503. The zero-order valence-electron chi connectivity index (χ0n) is 15.9. The number of hydrogen-bond donors (Lipinski definition) is 1. The highest BCUT2D eigenvalue weighted by atomic mass is 15.3. The Morgan fingerprint density at radius 2 is 1.93 bits per heavy atom. The number of rotatable bonds is 5. The Hall–Kier alpha value is -4.08. The fourth-order valence-corrected chi connectivity index (χ4v) is 3.13. The molecule has 5 aromatic heterocycles. The molecule has 0 fully saturated rings. The number of anilines is 2. The maximum atomic E-state index is 4.61. The van der Waals surface area contributed by atoms with E-state index in [1.165, 1.54) is 0 Å². The zero-order chi connectivity index (χ0) is 19.8. The van der Waals surface area contributed by atoms with Gasteiger partial charge in [-0.15, -0.1) is 10.2 Å². The average Bonchev–Trinajstić information content (AvgIpc) is 3.44. The Balaban J connectivity index is 1.43. The van der Waals surface area contributed by atoms with E-state index in [1.54, 1.807) is 21.8 Å². The van der Waals surface area contributed by atoms with E-state index < -0.39 is 0 Å². The highest BCUT2D eigenvalue weighted by Crippen LogP contribution is 2.21. The van der Waals surface area contributed by atoms with Gasteiger partial charge in [0.15, 0.2) is 5.65 Å². The first-order valence-corrected chi connectivity index (χ1v) is 9.06. The van der Waals surface area contributed by atoms with Crippen molar-refractivity contribution in [3.05, 3.63) is 66.6 Å². The van der Waals surface area contributed by atoms with Gasteiger partial charge < -0.3 is 5.32 Å². The first-order valence-electron chi connectivity index (χ1n) is 9.06. The molecule has 0 amide bonds. The first-order chi connectivity index (χ1) is 14.2. The lowest BCUT2D eigenvalue weighted by molar-refractivity contribution is 0.742. The van der Waals surface area contributed by atoms with Crippen molar-refractivity contribution in [3.63, 3.8) is 0 Å². The molecule has 5 heterocycles. The third-order valence-corrected chi connectivity index (χ3v) is 4.60. The van der Waals surface area contributed by atoms with Crippen LogP contribution in [0, 0.1) is 0 Å². The summed E-state index contributed by atoms with van der Waals surface area (Å²) in [6, 6.07) is 9.67. The second kappa shape index (κ2) is 6.82. The number of nitrogens with one attached hydrogen (secondary N) is 1. The van der Waals surface area contributed by atoms with Gasteiger partial charge in [-0.05, 0) is 24.3 Å². The summed E-state index contributed by atoms with van der Waals surface area (Å²) in [5.41, 5.74) is 3.44. The molecule has 5 rings (SSSR count). The molecular formula is C19H18N10. The summed E-state index contributed by atoms with van der Waals surface area (Å²) < 4.78 is 5.47. The van der Waals surface area contributed by atoms with Crippen molar-refractivity contribution in [1.29, 1.82) is 0 Å². The molecular weight excluding hydrogens is 368 g/mol. The summed E-state index contributed by atoms with van der Waals surface area (Å²) in [6.07, 6.45) is 7.94. The van der Waals surface area contributed by atoms with Gasteiger partial charge in [0.05, 0.1) is 24.0 Å². The van der Waals surface area contributed by atoms with Crippen LogP contribution in [0.5, 0.6) is 0 Å². The molecule has 0 aliphatic heterocycles. The monoisotopic (exact) mass is 386 g/mol. The molecule has 29 heavy (non-hydrogen) atoms. The van der Waals surface area contributed by atoms with Crippen LogP contribution >= 0.6 is 0 Å². The van der Waals surface area contributed by atoms with E-state index in [0.29, 0.717) is 12.4 Å². The molecule has 0 saturated heterocycles. The Morgan fingerprint density at radius 1 is 1.00 bits per heavy atom. The van der Waals surface area contributed by atoms with Gasteiger partial charge >= 0.3 is 0 Å². The minimum Gasteiger partial charge on any atom is -0.309 e. The smallest absolute Gasteiger partial charge is 0.228 e. The molecule has 1 N–H and O–H groups in total. The molecule has 0 aliphatic carbocycles. The van der Waals surface area contributed by atoms with Crippen molar-refractivity contribution in [2.75, 3.05) is 5.32 Å². The second-order valence-corrected chi connectivity index (χ2v) is 6.65. The summed E-state index contributed by atoms with van der Waals surface area (Å²) in [5.74, 6) is 2.16. The fraction of sp³-hybridized carbons (Fsp3) is 0.158. The summed E-state index contributed by atoms with van der Waals surface area (Å²) in [7, 11) is 3.75. The molecule has 0 aromatic carbocycles. The highest BCUT2D eigenvalue weighted by molar-refractivity contribution is 5.65. The van der Waals surface area contributed by atoms with Gasteiger partial charge in [-0.25, -0.2) is 9.97 Å². The van der Waals surface area contributed by atoms with Crippen molar-refractivity contribution in [1.82, 2.24) is 44.1 Å². The molecule has 0 aliphatic rings. The number of pyridine rings is 1. The zero-order valence-corrected chi connectivity index (χ0v) is 15.9. The second-order valence-electron chi connectivity index (χ2n) is 6.65. The van der Waals surface area contributed by atoms with E-state index >= 15 is 0 Å². The first kappa shape index (κ1) is 17.0. The normalized spacial score (nSPS) is 11.2. The van der Waals surface area contributed by atoms with E-state index in [2.05, 4.69) is 35.7 Å². The summed E-state index contributed by atoms with van der Waals surface area (Å²) in [6.45, 7) is 0. The van der Waals surface area contributed by atoms with Crippen LogP contribution < -0.4 is 5.32 Å². The van der Waals surface area contributed by atoms with Crippen molar-refractivity contribution in [2.24, 2.45) is 14.1 Å². The van der Waals surface area contributed by atoms with Crippen LogP contribution in [-0.4, -0.2) is 44.1 Å². The maximum absolute atomic E-state index is 4.61. The van der Waals surface area contributed by atoms with Crippen LogP contribution in [0.4, 0.5) is 11.8 Å². The molecule has 10 heteroatoms. The molecule has 0 unspecified atom stereocenters. The standard InChI is InChI=1S/C19H18N10/c1-27-9-6-14(26-27)12-18-25-24-17-11-13(5-10-29(17)18)15-3-7-20-19(22-15)23-16-4-8-21-28(16)2/h3-11H,12H2,1-2H3,(H,20,22,23). The molecule has 0 atom stereocenters. The lowest BCUT2D eigenvalue weighted by Gasteiger charge is -2.07. The van der Waals surface area contributed by atoms with E-state index in [-0.39, 0.29) is 0 Å². The molecule has 5 aromatic rings. The van der Waals surface area contributed by atoms with E-state index in [9.17, 15) is 0 Å². The van der Waals surface area contributed by atoms with Gasteiger partial charge in [0.25, 0.3) is 0 Å². The average molecular weight is 386 g/mol. The van der Waals surface area contributed by atoms with Crippen LogP contribution in [0.3, 0.4) is 0 Å². The number of aromatic nitrogens is 9. The van der Waals surface area contributed by atoms with Gasteiger partial charge in [0, 0.05) is 44.3 Å². The van der Waals surface area contributed by atoms with Gasteiger partial charge in [-0.3, -0.25) is 13.8 Å². The molecule has 0 spiro atoms. The maximum Gasteiger partial charge on any atom is 0.228 e. The third kappa shape index (κ3) is 3.31.